The van der Waals surface area contributed by atoms with Gasteiger partial charge in [-0.05, 0) is 37.8 Å². The number of hydrogen-bond acceptors (Lipinski definition) is 3. The van der Waals surface area contributed by atoms with Crippen molar-refractivity contribution in [3.8, 4) is 0 Å². The Morgan fingerprint density at radius 3 is 1.84 bits per heavy atom. The Balaban J connectivity index is 0.000000320. The molecule has 0 heterocycles. The first-order valence-corrected chi connectivity index (χ1v) is 11.2. The molecule has 4 nitrogen and oxygen atoms in total. The van der Waals surface area contributed by atoms with Crippen molar-refractivity contribution in [3.05, 3.63) is 95.6 Å². The van der Waals surface area contributed by atoms with Crippen molar-refractivity contribution in [2.45, 2.75) is 65.4 Å². The molecular formula is C28H36O4. The van der Waals surface area contributed by atoms with Crippen LogP contribution in [0.3, 0.4) is 0 Å². The molecule has 2 rings (SSSR count). The lowest BCUT2D eigenvalue weighted by Crippen LogP contribution is -2.11. The number of ether oxygens (including phenoxy) is 1. The van der Waals surface area contributed by atoms with E-state index in [4.69, 9.17) is 9.84 Å². The highest BCUT2D eigenvalue weighted by Gasteiger charge is 2.15. The molecule has 0 spiro atoms. The second-order valence-corrected chi connectivity index (χ2v) is 7.83. The molecule has 4 heteroatoms. The molecule has 2 aromatic carbocycles. The maximum atomic E-state index is 11.5. The van der Waals surface area contributed by atoms with E-state index in [0.29, 0.717) is 11.1 Å². The number of benzene rings is 2. The SMILES string of the molecule is C=C(C)C(=O)OC(CCC)c1ccccc1.CCCC(C=C(C)C(=O)O)c1ccccc1. The first-order chi connectivity index (χ1) is 15.3. The fraction of sp³-hybridized carbons (Fsp3) is 0.357. The Morgan fingerprint density at radius 2 is 1.41 bits per heavy atom. The molecule has 0 aromatic heterocycles. The van der Waals surface area contributed by atoms with E-state index in [1.807, 2.05) is 66.7 Å². The van der Waals surface area contributed by atoms with E-state index < -0.39 is 5.97 Å². The monoisotopic (exact) mass is 436 g/mol. The lowest BCUT2D eigenvalue weighted by Gasteiger charge is -2.17. The van der Waals surface area contributed by atoms with Crippen LogP contribution in [-0.4, -0.2) is 17.0 Å². The summed E-state index contributed by atoms with van der Waals surface area (Å²) in [7, 11) is 0. The molecule has 2 aromatic rings. The van der Waals surface area contributed by atoms with Crippen molar-refractivity contribution >= 4 is 11.9 Å². The largest absolute Gasteiger partial charge is 0.478 e. The number of carboxylic acid groups (broad SMARTS) is 1. The number of aliphatic carboxylic acids is 1. The average molecular weight is 437 g/mol. The summed E-state index contributed by atoms with van der Waals surface area (Å²) in [5, 5.41) is 8.88. The Morgan fingerprint density at radius 1 is 0.906 bits per heavy atom. The normalized spacial score (nSPS) is 12.7. The van der Waals surface area contributed by atoms with Gasteiger partial charge in [0.1, 0.15) is 6.10 Å². The zero-order valence-corrected chi connectivity index (χ0v) is 19.7. The van der Waals surface area contributed by atoms with Gasteiger partial charge in [-0.1, -0.05) is 100 Å². The van der Waals surface area contributed by atoms with E-state index in [1.54, 1.807) is 13.8 Å². The summed E-state index contributed by atoms with van der Waals surface area (Å²) in [5.41, 5.74) is 3.09. The number of carboxylic acids is 1. The van der Waals surface area contributed by atoms with Crippen LogP contribution in [0.25, 0.3) is 0 Å². The van der Waals surface area contributed by atoms with Crippen LogP contribution in [0.15, 0.2) is 84.5 Å². The summed E-state index contributed by atoms with van der Waals surface area (Å²) >= 11 is 0. The van der Waals surface area contributed by atoms with E-state index in [0.717, 1.165) is 31.2 Å². The fourth-order valence-electron chi connectivity index (χ4n) is 3.18. The lowest BCUT2D eigenvalue weighted by molar-refractivity contribution is -0.145. The summed E-state index contributed by atoms with van der Waals surface area (Å²) in [5.74, 6) is -0.943. The maximum absolute atomic E-state index is 11.5. The quantitative estimate of drug-likeness (QED) is 0.315. The van der Waals surface area contributed by atoms with Gasteiger partial charge < -0.3 is 9.84 Å². The number of carbonyl (C=O) groups is 2. The van der Waals surface area contributed by atoms with Crippen LogP contribution in [0.4, 0.5) is 0 Å². The Bertz CT molecular complexity index is 869. The zero-order valence-electron chi connectivity index (χ0n) is 19.7. The van der Waals surface area contributed by atoms with E-state index in [2.05, 4.69) is 20.4 Å². The van der Waals surface area contributed by atoms with Gasteiger partial charge >= 0.3 is 11.9 Å². The molecule has 0 aliphatic heterocycles. The van der Waals surface area contributed by atoms with Gasteiger partial charge in [-0.3, -0.25) is 0 Å². The summed E-state index contributed by atoms with van der Waals surface area (Å²) < 4.78 is 5.40. The van der Waals surface area contributed by atoms with Crippen LogP contribution in [0.5, 0.6) is 0 Å². The molecule has 0 fully saturated rings. The molecule has 172 valence electrons. The second-order valence-electron chi connectivity index (χ2n) is 7.83. The maximum Gasteiger partial charge on any atom is 0.333 e. The van der Waals surface area contributed by atoms with Crippen LogP contribution >= 0.6 is 0 Å². The number of esters is 1. The van der Waals surface area contributed by atoms with Gasteiger partial charge in [0.25, 0.3) is 0 Å². The van der Waals surface area contributed by atoms with Gasteiger partial charge in [-0.2, -0.15) is 0 Å². The van der Waals surface area contributed by atoms with E-state index in [9.17, 15) is 9.59 Å². The first-order valence-electron chi connectivity index (χ1n) is 11.2. The summed E-state index contributed by atoms with van der Waals surface area (Å²) in [4.78, 5) is 22.3. The van der Waals surface area contributed by atoms with Gasteiger partial charge in [-0.15, -0.1) is 0 Å². The van der Waals surface area contributed by atoms with Gasteiger partial charge in [0.15, 0.2) is 0 Å². The second kappa shape index (κ2) is 14.8. The minimum absolute atomic E-state index is 0.157. The van der Waals surface area contributed by atoms with E-state index >= 15 is 0 Å². The first kappa shape index (κ1) is 26.9. The number of allylic oxidation sites excluding steroid dienone is 1. The Hall–Kier alpha value is -3.14. The molecular weight excluding hydrogens is 400 g/mol. The predicted octanol–water partition coefficient (Wildman–Crippen LogP) is 7.25. The molecule has 0 aliphatic carbocycles. The third-order valence-corrected chi connectivity index (χ3v) is 4.94. The molecule has 1 N–H and O–H groups in total. The summed E-state index contributed by atoms with van der Waals surface area (Å²) in [6.45, 7) is 11.1. The highest BCUT2D eigenvalue weighted by Crippen LogP contribution is 2.24. The molecule has 2 unspecified atom stereocenters. The van der Waals surface area contributed by atoms with Crippen LogP contribution in [0, 0.1) is 0 Å². The predicted molar refractivity (Wildman–Crippen MR) is 130 cm³/mol. The van der Waals surface area contributed by atoms with Crippen molar-refractivity contribution in [2.75, 3.05) is 0 Å². The smallest absolute Gasteiger partial charge is 0.333 e. The molecule has 0 saturated carbocycles. The average Bonchev–Trinajstić information content (AvgIpc) is 2.79. The highest BCUT2D eigenvalue weighted by molar-refractivity contribution is 5.87. The van der Waals surface area contributed by atoms with Crippen molar-refractivity contribution in [1.82, 2.24) is 0 Å². The molecule has 0 saturated heterocycles. The Labute approximate surface area is 192 Å². The van der Waals surface area contributed by atoms with Gasteiger partial charge in [0, 0.05) is 17.1 Å². The van der Waals surface area contributed by atoms with Crippen molar-refractivity contribution in [2.24, 2.45) is 0 Å². The molecule has 0 radical (unpaired) electrons. The van der Waals surface area contributed by atoms with E-state index in [-0.39, 0.29) is 18.0 Å². The standard InChI is InChI=1S/2C14H18O2/c1-4-8-13(16-14(15)11(2)3)12-9-6-5-7-10-12;1-3-7-13(10-11(2)14(15)16)12-8-5-4-6-9-12/h5-7,9-10,13H,2,4,8H2,1,3H3;4-6,8-10,13H,3,7H2,1-2H3,(H,15,16). The number of rotatable bonds is 10. The molecule has 0 bridgehead atoms. The third kappa shape index (κ3) is 9.78. The molecule has 0 amide bonds. The van der Waals surface area contributed by atoms with Gasteiger partial charge in [-0.25, -0.2) is 9.59 Å². The molecule has 32 heavy (non-hydrogen) atoms. The highest BCUT2D eigenvalue weighted by atomic mass is 16.5. The lowest BCUT2D eigenvalue weighted by atomic mass is 9.92. The van der Waals surface area contributed by atoms with E-state index in [1.165, 1.54) is 5.56 Å². The van der Waals surface area contributed by atoms with Gasteiger partial charge in [0.2, 0.25) is 0 Å². The van der Waals surface area contributed by atoms with Crippen LogP contribution < -0.4 is 0 Å². The van der Waals surface area contributed by atoms with Gasteiger partial charge in [0.05, 0.1) is 0 Å². The minimum Gasteiger partial charge on any atom is -0.478 e. The van der Waals surface area contributed by atoms with Crippen LogP contribution in [0.2, 0.25) is 0 Å². The van der Waals surface area contributed by atoms with Crippen LogP contribution in [0.1, 0.15) is 76.5 Å². The van der Waals surface area contributed by atoms with Crippen molar-refractivity contribution < 1.29 is 19.4 Å². The van der Waals surface area contributed by atoms with Crippen molar-refractivity contribution in [3.63, 3.8) is 0 Å². The third-order valence-electron chi connectivity index (χ3n) is 4.94. The minimum atomic E-state index is -0.836. The van der Waals surface area contributed by atoms with Crippen LogP contribution in [-0.2, 0) is 14.3 Å². The molecule has 2 atom stereocenters. The summed E-state index contributed by atoms with van der Waals surface area (Å²) in [6.07, 6.45) is 5.53. The molecule has 0 aliphatic rings. The fourth-order valence-corrected chi connectivity index (χ4v) is 3.18. The Kier molecular flexibility index (Phi) is 12.4. The number of carbonyl (C=O) groups excluding carboxylic acids is 1. The number of hydrogen-bond donors (Lipinski definition) is 1. The summed E-state index contributed by atoms with van der Waals surface area (Å²) in [6, 6.07) is 19.9. The topological polar surface area (TPSA) is 63.6 Å². The van der Waals surface area contributed by atoms with Crippen molar-refractivity contribution in [1.29, 1.82) is 0 Å². The zero-order chi connectivity index (χ0) is 23.9.